The summed E-state index contributed by atoms with van der Waals surface area (Å²) in [6.07, 6.45) is -0.885. The number of rotatable bonds is 3. The lowest BCUT2D eigenvalue weighted by atomic mass is 10.1. The standard InChI is InChI=1S/C7H12FNO/c1-5(4-6(2)8)7(10)9-3/h6H,1,4H2,2-3H3,(H,9,10). The second-order valence-corrected chi connectivity index (χ2v) is 2.17. The fourth-order valence-corrected chi connectivity index (χ4v) is 0.609. The minimum absolute atomic E-state index is 0.111. The zero-order valence-corrected chi connectivity index (χ0v) is 6.28. The molecular formula is C7H12FNO. The van der Waals surface area contributed by atoms with Crippen molar-refractivity contribution in [1.29, 1.82) is 0 Å². The normalized spacial score (nSPS) is 12.3. The first-order chi connectivity index (χ1) is 4.57. The van der Waals surface area contributed by atoms with Gasteiger partial charge in [-0.05, 0) is 6.92 Å². The Morgan fingerprint density at radius 1 is 1.80 bits per heavy atom. The van der Waals surface area contributed by atoms with E-state index in [4.69, 9.17) is 0 Å². The van der Waals surface area contributed by atoms with Crippen molar-refractivity contribution in [3.8, 4) is 0 Å². The van der Waals surface area contributed by atoms with Crippen LogP contribution in [0.1, 0.15) is 13.3 Å². The number of likely N-dealkylation sites (N-methyl/N-ethyl adjacent to an activating group) is 1. The molecule has 0 aliphatic heterocycles. The molecule has 10 heavy (non-hydrogen) atoms. The molecular weight excluding hydrogens is 133 g/mol. The second-order valence-electron chi connectivity index (χ2n) is 2.17. The number of nitrogens with one attached hydrogen (secondary N) is 1. The Morgan fingerprint density at radius 3 is 2.60 bits per heavy atom. The minimum atomic E-state index is -0.996. The number of alkyl halides is 1. The van der Waals surface area contributed by atoms with Crippen LogP contribution in [-0.4, -0.2) is 19.1 Å². The molecule has 0 fully saturated rings. The maximum atomic E-state index is 12.2. The summed E-state index contributed by atoms with van der Waals surface area (Å²) in [6, 6.07) is 0. The van der Waals surface area contributed by atoms with E-state index >= 15 is 0 Å². The molecule has 0 spiro atoms. The summed E-state index contributed by atoms with van der Waals surface area (Å²) in [7, 11) is 1.50. The van der Waals surface area contributed by atoms with Gasteiger partial charge in [0.25, 0.3) is 0 Å². The number of carbonyl (C=O) groups is 1. The lowest BCUT2D eigenvalue weighted by Crippen LogP contribution is -2.20. The van der Waals surface area contributed by atoms with Crippen LogP contribution in [0, 0.1) is 0 Å². The van der Waals surface area contributed by atoms with Gasteiger partial charge in [0, 0.05) is 19.0 Å². The van der Waals surface area contributed by atoms with Gasteiger partial charge in [-0.1, -0.05) is 6.58 Å². The predicted molar refractivity (Wildman–Crippen MR) is 38.4 cm³/mol. The van der Waals surface area contributed by atoms with E-state index in [1.165, 1.54) is 14.0 Å². The highest BCUT2D eigenvalue weighted by Gasteiger charge is 2.07. The summed E-state index contributed by atoms with van der Waals surface area (Å²) < 4.78 is 12.2. The molecule has 1 N–H and O–H groups in total. The Hall–Kier alpha value is -0.860. The van der Waals surface area contributed by atoms with Crippen molar-refractivity contribution in [1.82, 2.24) is 5.32 Å². The molecule has 0 aliphatic rings. The van der Waals surface area contributed by atoms with Crippen LogP contribution in [0.4, 0.5) is 4.39 Å². The average Bonchev–Trinajstić information content (AvgIpc) is 1.85. The van der Waals surface area contributed by atoms with E-state index in [2.05, 4.69) is 11.9 Å². The molecule has 1 amide bonds. The maximum Gasteiger partial charge on any atom is 0.246 e. The molecule has 58 valence electrons. The Labute approximate surface area is 60.1 Å². The van der Waals surface area contributed by atoms with E-state index in [9.17, 15) is 9.18 Å². The Morgan fingerprint density at radius 2 is 2.30 bits per heavy atom. The van der Waals surface area contributed by atoms with Gasteiger partial charge in [-0.25, -0.2) is 4.39 Å². The average molecular weight is 145 g/mol. The monoisotopic (exact) mass is 145 g/mol. The number of carbonyl (C=O) groups excluding carboxylic acids is 1. The van der Waals surface area contributed by atoms with E-state index in [1.807, 2.05) is 0 Å². The molecule has 0 bridgehead atoms. The van der Waals surface area contributed by atoms with Gasteiger partial charge in [-0.15, -0.1) is 0 Å². The van der Waals surface area contributed by atoms with Crippen molar-refractivity contribution in [2.24, 2.45) is 0 Å². The van der Waals surface area contributed by atoms with Gasteiger partial charge in [0.15, 0.2) is 0 Å². The van der Waals surface area contributed by atoms with Crippen molar-refractivity contribution < 1.29 is 9.18 Å². The third-order valence-electron chi connectivity index (χ3n) is 1.08. The lowest BCUT2D eigenvalue weighted by molar-refractivity contribution is -0.117. The number of amides is 1. The van der Waals surface area contributed by atoms with Crippen LogP contribution < -0.4 is 5.32 Å². The summed E-state index contributed by atoms with van der Waals surface area (Å²) in [5, 5.41) is 2.36. The Kier molecular flexibility index (Phi) is 3.69. The van der Waals surface area contributed by atoms with Crippen LogP contribution in [0.3, 0.4) is 0 Å². The highest BCUT2D eigenvalue weighted by Crippen LogP contribution is 2.04. The second kappa shape index (κ2) is 4.04. The molecule has 1 unspecified atom stereocenters. The van der Waals surface area contributed by atoms with Crippen LogP contribution >= 0.6 is 0 Å². The topological polar surface area (TPSA) is 29.1 Å². The number of hydrogen-bond donors (Lipinski definition) is 1. The van der Waals surface area contributed by atoms with Crippen LogP contribution in [0.25, 0.3) is 0 Å². The van der Waals surface area contributed by atoms with Crippen LogP contribution in [0.5, 0.6) is 0 Å². The highest BCUT2D eigenvalue weighted by molar-refractivity contribution is 5.92. The summed E-state index contributed by atoms with van der Waals surface area (Å²) in [6.45, 7) is 4.81. The van der Waals surface area contributed by atoms with Gasteiger partial charge in [-0.3, -0.25) is 4.79 Å². The smallest absolute Gasteiger partial charge is 0.246 e. The van der Waals surface area contributed by atoms with Gasteiger partial charge in [-0.2, -0.15) is 0 Å². The molecule has 2 nitrogen and oxygen atoms in total. The van der Waals surface area contributed by atoms with E-state index in [0.29, 0.717) is 0 Å². The molecule has 0 radical (unpaired) electrons. The van der Waals surface area contributed by atoms with Gasteiger partial charge in [0.05, 0.1) is 0 Å². The Bertz CT molecular complexity index is 143. The maximum absolute atomic E-state index is 12.2. The SMILES string of the molecule is C=C(CC(C)F)C(=O)NC. The fourth-order valence-electron chi connectivity index (χ4n) is 0.609. The summed E-state index contributed by atoms with van der Waals surface area (Å²) in [5.74, 6) is -0.287. The van der Waals surface area contributed by atoms with Gasteiger partial charge in [0.1, 0.15) is 6.17 Å². The fraction of sp³-hybridized carbons (Fsp3) is 0.571. The van der Waals surface area contributed by atoms with Crippen LogP contribution in [0.15, 0.2) is 12.2 Å². The van der Waals surface area contributed by atoms with Gasteiger partial charge >= 0.3 is 0 Å². The third kappa shape index (κ3) is 3.22. The summed E-state index contributed by atoms with van der Waals surface area (Å²) in [5.41, 5.74) is 0.289. The van der Waals surface area contributed by atoms with E-state index in [-0.39, 0.29) is 17.9 Å². The zero-order valence-electron chi connectivity index (χ0n) is 6.28. The zero-order chi connectivity index (χ0) is 8.15. The van der Waals surface area contributed by atoms with Gasteiger partial charge < -0.3 is 5.32 Å². The molecule has 0 aromatic rings. The Balaban J connectivity index is 3.74. The van der Waals surface area contributed by atoms with Crippen molar-refractivity contribution in [3.05, 3.63) is 12.2 Å². The van der Waals surface area contributed by atoms with Crippen LogP contribution in [0.2, 0.25) is 0 Å². The third-order valence-corrected chi connectivity index (χ3v) is 1.08. The van der Waals surface area contributed by atoms with Crippen LogP contribution in [-0.2, 0) is 4.79 Å². The molecule has 0 aromatic heterocycles. The first-order valence-corrected chi connectivity index (χ1v) is 3.12. The molecule has 0 heterocycles. The van der Waals surface area contributed by atoms with Crippen molar-refractivity contribution in [3.63, 3.8) is 0 Å². The summed E-state index contributed by atoms with van der Waals surface area (Å²) in [4.78, 5) is 10.7. The molecule has 0 rings (SSSR count). The molecule has 0 saturated heterocycles. The molecule has 0 aliphatic carbocycles. The predicted octanol–water partition coefficient (Wildman–Crippen LogP) is 1.04. The molecule has 0 aromatic carbocycles. The van der Waals surface area contributed by atoms with E-state index in [1.54, 1.807) is 0 Å². The van der Waals surface area contributed by atoms with Crippen molar-refractivity contribution >= 4 is 5.91 Å². The molecule has 0 saturated carbocycles. The number of hydrogen-bond acceptors (Lipinski definition) is 1. The molecule has 1 atom stereocenters. The van der Waals surface area contributed by atoms with Crippen molar-refractivity contribution in [2.75, 3.05) is 7.05 Å². The first kappa shape index (κ1) is 9.14. The largest absolute Gasteiger partial charge is 0.355 e. The summed E-state index contributed by atoms with van der Waals surface area (Å²) >= 11 is 0. The lowest BCUT2D eigenvalue weighted by Gasteiger charge is -2.03. The van der Waals surface area contributed by atoms with E-state index in [0.717, 1.165) is 0 Å². The number of halogens is 1. The minimum Gasteiger partial charge on any atom is -0.355 e. The quantitative estimate of drug-likeness (QED) is 0.590. The molecule has 3 heteroatoms. The van der Waals surface area contributed by atoms with Crippen molar-refractivity contribution in [2.45, 2.75) is 19.5 Å². The van der Waals surface area contributed by atoms with E-state index < -0.39 is 6.17 Å². The van der Waals surface area contributed by atoms with Gasteiger partial charge in [0.2, 0.25) is 5.91 Å². The first-order valence-electron chi connectivity index (χ1n) is 3.12. The highest BCUT2D eigenvalue weighted by atomic mass is 19.1.